The van der Waals surface area contributed by atoms with Crippen LogP contribution in [0, 0.1) is 0 Å². The molecule has 6 heteroatoms. The van der Waals surface area contributed by atoms with E-state index in [1.54, 1.807) is 6.08 Å². The standard InChI is InChI=1S/C71H133NO5/c1-3-5-7-9-11-13-15-16-41-45-49-53-57-61-65-71(76)77-66-62-58-54-50-46-42-39-37-35-33-31-29-27-25-23-21-19-17-18-20-22-24-26-28-30-32-34-36-38-40-44-48-52-56-60-64-70(75)72-68(67-73)69(74)63-59-55-51-47-43-14-12-10-8-6-4-2/h15-16,19,21,25,27,59,63,68-69,73-74H,3-14,17-18,20,22-24,26,28-58,60-62,64-67H2,1-2H3,(H,72,75)/b16-15-,21-19-,27-25-,63-59+. The van der Waals surface area contributed by atoms with Crippen LogP contribution in [0.15, 0.2) is 48.6 Å². The molecule has 0 rings (SSSR count). The lowest BCUT2D eigenvalue weighted by Gasteiger charge is -2.20. The van der Waals surface area contributed by atoms with Crippen molar-refractivity contribution in [2.45, 2.75) is 379 Å². The number of hydrogen-bond acceptors (Lipinski definition) is 5. The maximum Gasteiger partial charge on any atom is 0.305 e. The third kappa shape index (κ3) is 62.9. The average molecular weight is 1080 g/mol. The molecule has 0 aromatic heterocycles. The van der Waals surface area contributed by atoms with E-state index in [9.17, 15) is 19.8 Å². The first kappa shape index (κ1) is 74.8. The zero-order chi connectivity index (χ0) is 55.7. The summed E-state index contributed by atoms with van der Waals surface area (Å²) in [6.07, 6.45) is 86.3. The number of aliphatic hydroxyl groups is 2. The molecule has 0 saturated carbocycles. The SMILES string of the molecule is CCCCCCC/C=C\CCCCCCCC(=O)OCCCCCCCCCCCCC/C=C\C/C=C\CCCCCCCCCCCCCCCCCCCC(=O)NC(CO)C(O)/C=C/CCCCCCCCCCC. The van der Waals surface area contributed by atoms with Gasteiger partial charge < -0.3 is 20.3 Å². The number of amides is 1. The quantitative estimate of drug-likeness (QED) is 0.0320. The summed E-state index contributed by atoms with van der Waals surface area (Å²) in [6.45, 7) is 4.89. The van der Waals surface area contributed by atoms with E-state index < -0.39 is 12.1 Å². The second-order valence-electron chi connectivity index (χ2n) is 23.5. The van der Waals surface area contributed by atoms with Gasteiger partial charge >= 0.3 is 5.97 Å². The number of rotatable bonds is 64. The van der Waals surface area contributed by atoms with Crippen molar-refractivity contribution >= 4 is 11.9 Å². The summed E-state index contributed by atoms with van der Waals surface area (Å²) >= 11 is 0. The Labute approximate surface area is 480 Å². The van der Waals surface area contributed by atoms with Crippen LogP contribution in [0.5, 0.6) is 0 Å². The second kappa shape index (κ2) is 66.3. The van der Waals surface area contributed by atoms with Crippen LogP contribution in [0.2, 0.25) is 0 Å². The summed E-state index contributed by atoms with van der Waals surface area (Å²) in [5, 5.41) is 23.0. The van der Waals surface area contributed by atoms with E-state index in [-0.39, 0.29) is 18.5 Å². The van der Waals surface area contributed by atoms with E-state index in [1.165, 1.54) is 289 Å². The Balaban J connectivity index is 3.37. The largest absolute Gasteiger partial charge is 0.466 e. The molecule has 0 aromatic carbocycles. The van der Waals surface area contributed by atoms with Crippen LogP contribution >= 0.6 is 0 Å². The molecule has 0 spiro atoms. The molecule has 0 aliphatic carbocycles. The first-order valence-corrected chi connectivity index (χ1v) is 34.4. The van der Waals surface area contributed by atoms with Crippen molar-refractivity contribution in [1.82, 2.24) is 5.32 Å². The summed E-state index contributed by atoms with van der Waals surface area (Å²) in [5.41, 5.74) is 0. The molecule has 3 N–H and O–H groups in total. The Kier molecular flexibility index (Phi) is 64.5. The number of carbonyl (C=O) groups excluding carboxylic acids is 2. The fraction of sp³-hybridized carbons (Fsp3) is 0.859. The van der Waals surface area contributed by atoms with Crippen LogP contribution in [0.25, 0.3) is 0 Å². The highest BCUT2D eigenvalue weighted by Gasteiger charge is 2.18. The number of unbranched alkanes of at least 4 members (excludes halogenated alkanes) is 47. The second-order valence-corrected chi connectivity index (χ2v) is 23.5. The molecule has 2 unspecified atom stereocenters. The van der Waals surface area contributed by atoms with Gasteiger partial charge in [-0.25, -0.2) is 0 Å². The lowest BCUT2D eigenvalue weighted by atomic mass is 10.0. The van der Waals surface area contributed by atoms with Crippen molar-refractivity contribution in [2.75, 3.05) is 13.2 Å². The van der Waals surface area contributed by atoms with Crippen molar-refractivity contribution in [1.29, 1.82) is 0 Å². The van der Waals surface area contributed by atoms with Gasteiger partial charge in [0.05, 0.1) is 25.4 Å². The molecule has 0 radical (unpaired) electrons. The zero-order valence-electron chi connectivity index (χ0n) is 51.7. The minimum Gasteiger partial charge on any atom is -0.466 e. The highest BCUT2D eigenvalue weighted by molar-refractivity contribution is 5.76. The Morgan fingerprint density at radius 1 is 0.364 bits per heavy atom. The fourth-order valence-corrected chi connectivity index (χ4v) is 10.5. The Morgan fingerprint density at radius 2 is 0.649 bits per heavy atom. The predicted molar refractivity (Wildman–Crippen MR) is 338 cm³/mol. The van der Waals surface area contributed by atoms with Crippen LogP contribution in [-0.4, -0.2) is 47.4 Å². The molecule has 1 amide bonds. The molecular weight excluding hydrogens is 947 g/mol. The van der Waals surface area contributed by atoms with Gasteiger partial charge in [-0.05, 0) is 89.9 Å². The molecule has 0 aliphatic heterocycles. The number of allylic oxidation sites excluding steroid dienone is 7. The summed E-state index contributed by atoms with van der Waals surface area (Å²) < 4.78 is 5.48. The highest BCUT2D eigenvalue weighted by atomic mass is 16.5. The monoisotopic (exact) mass is 1080 g/mol. The topological polar surface area (TPSA) is 95.9 Å². The lowest BCUT2D eigenvalue weighted by molar-refractivity contribution is -0.143. The molecule has 0 saturated heterocycles. The Bertz CT molecular complexity index is 1290. The van der Waals surface area contributed by atoms with Crippen molar-refractivity contribution < 1.29 is 24.5 Å². The fourth-order valence-electron chi connectivity index (χ4n) is 10.5. The molecule has 452 valence electrons. The number of nitrogens with one attached hydrogen (secondary N) is 1. The molecule has 0 heterocycles. The third-order valence-electron chi connectivity index (χ3n) is 15.8. The van der Waals surface area contributed by atoms with Crippen molar-refractivity contribution in [3.63, 3.8) is 0 Å². The van der Waals surface area contributed by atoms with E-state index in [4.69, 9.17) is 4.74 Å². The van der Waals surface area contributed by atoms with Gasteiger partial charge in [0, 0.05) is 12.8 Å². The van der Waals surface area contributed by atoms with Crippen molar-refractivity contribution in [2.24, 2.45) is 0 Å². The number of carbonyl (C=O) groups is 2. The van der Waals surface area contributed by atoms with Crippen LogP contribution in [0.1, 0.15) is 367 Å². The summed E-state index contributed by atoms with van der Waals surface area (Å²) in [7, 11) is 0. The zero-order valence-corrected chi connectivity index (χ0v) is 51.7. The molecular formula is C71H133NO5. The van der Waals surface area contributed by atoms with Gasteiger partial charge in [-0.2, -0.15) is 0 Å². The Hall–Kier alpha value is -2.18. The maximum atomic E-state index is 12.4. The molecule has 0 fully saturated rings. The number of esters is 1. The molecule has 0 bridgehead atoms. The van der Waals surface area contributed by atoms with Crippen LogP contribution < -0.4 is 5.32 Å². The first-order chi connectivity index (χ1) is 38.0. The van der Waals surface area contributed by atoms with Gasteiger partial charge in [0.1, 0.15) is 0 Å². The summed E-state index contributed by atoms with van der Waals surface area (Å²) in [4.78, 5) is 24.5. The van der Waals surface area contributed by atoms with Gasteiger partial charge in [0.15, 0.2) is 0 Å². The molecule has 6 nitrogen and oxygen atoms in total. The van der Waals surface area contributed by atoms with Crippen LogP contribution in [-0.2, 0) is 14.3 Å². The Morgan fingerprint density at radius 3 is 1.00 bits per heavy atom. The lowest BCUT2D eigenvalue weighted by Crippen LogP contribution is -2.45. The smallest absolute Gasteiger partial charge is 0.305 e. The van der Waals surface area contributed by atoms with Crippen LogP contribution in [0.3, 0.4) is 0 Å². The highest BCUT2D eigenvalue weighted by Crippen LogP contribution is 2.18. The van der Waals surface area contributed by atoms with E-state index in [0.29, 0.717) is 19.4 Å². The van der Waals surface area contributed by atoms with E-state index in [1.807, 2.05) is 6.08 Å². The van der Waals surface area contributed by atoms with Gasteiger partial charge in [0.25, 0.3) is 0 Å². The predicted octanol–water partition coefficient (Wildman–Crippen LogP) is 22.1. The van der Waals surface area contributed by atoms with E-state index in [0.717, 1.165) is 51.4 Å². The number of hydrogen-bond donors (Lipinski definition) is 3. The van der Waals surface area contributed by atoms with Crippen molar-refractivity contribution in [3.8, 4) is 0 Å². The minimum atomic E-state index is -0.842. The molecule has 0 aromatic rings. The first-order valence-electron chi connectivity index (χ1n) is 34.4. The van der Waals surface area contributed by atoms with E-state index in [2.05, 4.69) is 55.6 Å². The van der Waals surface area contributed by atoms with Gasteiger partial charge in [-0.15, -0.1) is 0 Å². The van der Waals surface area contributed by atoms with Crippen LogP contribution in [0.4, 0.5) is 0 Å². The average Bonchev–Trinajstić information content (AvgIpc) is 3.43. The molecule has 77 heavy (non-hydrogen) atoms. The summed E-state index contributed by atoms with van der Waals surface area (Å²) in [5.74, 6) is -0.0582. The molecule has 2 atom stereocenters. The third-order valence-corrected chi connectivity index (χ3v) is 15.8. The maximum absolute atomic E-state index is 12.4. The van der Waals surface area contributed by atoms with Gasteiger partial charge in [-0.1, -0.05) is 313 Å². The van der Waals surface area contributed by atoms with Crippen molar-refractivity contribution in [3.05, 3.63) is 48.6 Å². The minimum absolute atomic E-state index is 0.00788. The number of ether oxygens (including phenoxy) is 1. The number of aliphatic hydroxyl groups excluding tert-OH is 2. The normalized spacial score (nSPS) is 12.8. The van der Waals surface area contributed by atoms with Gasteiger partial charge in [0.2, 0.25) is 5.91 Å². The van der Waals surface area contributed by atoms with Gasteiger partial charge in [-0.3, -0.25) is 9.59 Å². The summed E-state index contributed by atoms with van der Waals surface area (Å²) in [6, 6.07) is -0.625. The molecule has 0 aliphatic rings. The van der Waals surface area contributed by atoms with E-state index >= 15 is 0 Å².